The minimum atomic E-state index is -3.11. The number of hydrogen-bond acceptors (Lipinski definition) is 3. The molecular weight excluding hydrogens is 322 g/mol. The van der Waals surface area contributed by atoms with E-state index >= 15 is 0 Å². The van der Waals surface area contributed by atoms with E-state index in [1.165, 1.54) is 19.1 Å². The minimum absolute atomic E-state index is 0.0525. The number of fused-ring (bicyclic) bond motifs is 2. The van der Waals surface area contributed by atoms with Crippen LogP contribution in [0.25, 0.3) is 0 Å². The van der Waals surface area contributed by atoms with Crippen LogP contribution in [0.15, 0.2) is 12.1 Å². The predicted molar refractivity (Wildman–Crippen MR) is 82.9 cm³/mol. The Morgan fingerprint density at radius 1 is 1.13 bits per heavy atom. The summed E-state index contributed by atoms with van der Waals surface area (Å²) in [6, 6.07) is 2.90. The maximum atomic E-state index is 13.9. The molecule has 0 N–H and O–H groups in total. The Bertz CT molecular complexity index is 722. The van der Waals surface area contributed by atoms with Gasteiger partial charge in [-0.25, -0.2) is 17.2 Å². The monoisotopic (exact) mass is 342 g/mol. The molecule has 2 fully saturated rings. The van der Waals surface area contributed by atoms with E-state index in [-0.39, 0.29) is 29.2 Å². The molecule has 3 rings (SSSR count). The summed E-state index contributed by atoms with van der Waals surface area (Å²) in [6.07, 6.45) is 2.58. The Balaban J connectivity index is 1.76. The lowest BCUT2D eigenvalue weighted by molar-refractivity contribution is -0.122. The summed E-state index contributed by atoms with van der Waals surface area (Å²) in [5.41, 5.74) is 0.258. The highest BCUT2D eigenvalue weighted by Gasteiger charge is 2.45. The lowest BCUT2D eigenvalue weighted by Gasteiger charge is -2.38. The van der Waals surface area contributed by atoms with Gasteiger partial charge in [0.25, 0.3) is 0 Å². The fourth-order valence-corrected chi connectivity index (χ4v) is 6.36. The fourth-order valence-electron chi connectivity index (χ4n) is 3.83. The average molecular weight is 342 g/mol. The zero-order chi connectivity index (χ0) is 16.8. The standard InChI is InChI=1S/C17H20F2O3S/c1-10-5-6-11(17(19)16(10)18)9-15(20)12-7-13-3-2-4-14(8-12)23(13,21)22/h5-6,12-14H,2-4,7-9H2,1H3. The molecule has 0 amide bonds. The maximum Gasteiger partial charge on any atom is 0.162 e. The van der Waals surface area contributed by atoms with Gasteiger partial charge in [0, 0.05) is 12.3 Å². The number of carbonyl (C=O) groups is 1. The Hall–Kier alpha value is -1.30. The molecule has 2 aliphatic rings. The molecule has 1 aromatic carbocycles. The van der Waals surface area contributed by atoms with Crippen LogP contribution in [0.1, 0.15) is 43.2 Å². The molecule has 1 aromatic rings. The molecule has 2 unspecified atom stereocenters. The number of halogens is 2. The highest BCUT2D eigenvalue weighted by molar-refractivity contribution is 7.92. The molecule has 23 heavy (non-hydrogen) atoms. The second-order valence-corrected chi connectivity index (χ2v) is 9.26. The van der Waals surface area contributed by atoms with Crippen molar-refractivity contribution in [1.82, 2.24) is 0 Å². The van der Waals surface area contributed by atoms with Gasteiger partial charge in [0.05, 0.1) is 10.5 Å². The zero-order valence-corrected chi connectivity index (χ0v) is 13.8. The summed E-state index contributed by atoms with van der Waals surface area (Å²) in [4.78, 5) is 12.5. The van der Waals surface area contributed by atoms with E-state index in [1.807, 2.05) is 0 Å². The number of Topliss-reactive ketones (excluding diaryl/α,β-unsaturated/α-hetero) is 1. The van der Waals surface area contributed by atoms with Gasteiger partial charge in [-0.1, -0.05) is 18.6 Å². The molecule has 6 heteroatoms. The van der Waals surface area contributed by atoms with Crippen molar-refractivity contribution in [2.45, 2.75) is 55.9 Å². The molecule has 3 nitrogen and oxygen atoms in total. The molecule has 2 heterocycles. The van der Waals surface area contributed by atoms with Gasteiger partial charge in [-0.05, 0) is 43.7 Å². The molecule has 0 aromatic heterocycles. The van der Waals surface area contributed by atoms with Crippen LogP contribution in [0, 0.1) is 24.5 Å². The summed E-state index contributed by atoms with van der Waals surface area (Å²) in [5, 5.41) is -0.882. The third-order valence-electron chi connectivity index (χ3n) is 5.25. The van der Waals surface area contributed by atoms with E-state index in [0.29, 0.717) is 25.7 Å². The quantitative estimate of drug-likeness (QED) is 0.848. The van der Waals surface area contributed by atoms with E-state index in [9.17, 15) is 22.0 Å². The molecule has 2 bridgehead atoms. The van der Waals surface area contributed by atoms with Gasteiger partial charge in [-0.3, -0.25) is 4.79 Å². The number of ketones is 1. The summed E-state index contributed by atoms with van der Waals surface area (Å²) >= 11 is 0. The topological polar surface area (TPSA) is 51.2 Å². The second kappa shape index (κ2) is 5.96. The first-order valence-electron chi connectivity index (χ1n) is 7.99. The van der Waals surface area contributed by atoms with Crippen molar-refractivity contribution in [3.8, 4) is 0 Å². The van der Waals surface area contributed by atoms with Gasteiger partial charge >= 0.3 is 0 Å². The molecule has 2 aliphatic heterocycles. The van der Waals surface area contributed by atoms with Crippen molar-refractivity contribution < 1.29 is 22.0 Å². The molecule has 0 spiro atoms. The highest BCUT2D eigenvalue weighted by atomic mass is 32.2. The molecule has 0 aliphatic carbocycles. The van der Waals surface area contributed by atoms with Crippen LogP contribution < -0.4 is 0 Å². The van der Waals surface area contributed by atoms with E-state index < -0.39 is 32.0 Å². The number of rotatable bonds is 3. The van der Waals surface area contributed by atoms with Crippen molar-refractivity contribution in [1.29, 1.82) is 0 Å². The van der Waals surface area contributed by atoms with Gasteiger partial charge in [-0.2, -0.15) is 0 Å². The number of sulfone groups is 1. The van der Waals surface area contributed by atoms with E-state index in [0.717, 1.165) is 6.42 Å². The first-order chi connectivity index (χ1) is 10.8. The first-order valence-corrected chi connectivity index (χ1v) is 9.60. The van der Waals surface area contributed by atoms with Crippen molar-refractivity contribution in [2.75, 3.05) is 0 Å². The van der Waals surface area contributed by atoms with Crippen molar-refractivity contribution in [3.63, 3.8) is 0 Å². The van der Waals surface area contributed by atoms with Crippen LogP contribution >= 0.6 is 0 Å². The molecule has 0 saturated carbocycles. The number of hydrogen-bond donors (Lipinski definition) is 0. The SMILES string of the molecule is Cc1ccc(CC(=O)C2CC3CCCC(C2)S3(=O)=O)c(F)c1F. The third kappa shape index (κ3) is 2.93. The van der Waals surface area contributed by atoms with Gasteiger partial charge in [0.1, 0.15) is 5.78 Å². The first kappa shape index (κ1) is 16.6. The normalized spacial score (nSPS) is 29.3. The van der Waals surface area contributed by atoms with E-state index in [1.54, 1.807) is 0 Å². The summed E-state index contributed by atoms with van der Waals surface area (Å²) in [5.74, 6) is -2.43. The van der Waals surface area contributed by atoms with Gasteiger partial charge in [0.2, 0.25) is 0 Å². The van der Waals surface area contributed by atoms with Gasteiger partial charge in [0.15, 0.2) is 21.5 Å². The van der Waals surface area contributed by atoms with Crippen LogP contribution in [0.2, 0.25) is 0 Å². The summed E-state index contributed by atoms with van der Waals surface area (Å²) in [6.45, 7) is 1.47. The second-order valence-electron chi connectivity index (χ2n) is 6.74. The molecular formula is C17H20F2O3S. The Morgan fingerprint density at radius 2 is 1.74 bits per heavy atom. The van der Waals surface area contributed by atoms with Gasteiger partial charge < -0.3 is 0 Å². The van der Waals surface area contributed by atoms with Gasteiger partial charge in [-0.15, -0.1) is 0 Å². The Labute approximate surface area is 135 Å². The molecule has 2 atom stereocenters. The fraction of sp³-hybridized carbons (Fsp3) is 0.588. The van der Waals surface area contributed by atoms with Crippen LogP contribution in [-0.2, 0) is 21.1 Å². The molecule has 0 radical (unpaired) electrons. The average Bonchev–Trinajstić information content (AvgIpc) is 2.46. The number of aryl methyl sites for hydroxylation is 1. The Morgan fingerprint density at radius 3 is 2.35 bits per heavy atom. The maximum absolute atomic E-state index is 13.9. The highest BCUT2D eigenvalue weighted by Crippen LogP contribution is 2.40. The number of benzene rings is 1. The largest absolute Gasteiger partial charge is 0.299 e. The van der Waals surface area contributed by atoms with Crippen LogP contribution in [0.5, 0.6) is 0 Å². The number of carbonyl (C=O) groups excluding carboxylic acids is 1. The molecule has 2 saturated heterocycles. The lowest BCUT2D eigenvalue weighted by Crippen LogP contribution is -2.45. The lowest BCUT2D eigenvalue weighted by atomic mass is 9.84. The minimum Gasteiger partial charge on any atom is -0.299 e. The third-order valence-corrected chi connectivity index (χ3v) is 7.97. The Kier molecular flexibility index (Phi) is 4.29. The summed E-state index contributed by atoms with van der Waals surface area (Å²) in [7, 11) is -3.11. The smallest absolute Gasteiger partial charge is 0.162 e. The van der Waals surface area contributed by atoms with Crippen molar-refractivity contribution in [3.05, 3.63) is 34.9 Å². The summed E-state index contributed by atoms with van der Waals surface area (Å²) < 4.78 is 52.0. The van der Waals surface area contributed by atoms with Crippen LogP contribution in [0.3, 0.4) is 0 Å². The van der Waals surface area contributed by atoms with E-state index in [4.69, 9.17) is 0 Å². The predicted octanol–water partition coefficient (Wildman–Crippen LogP) is 3.13. The van der Waals surface area contributed by atoms with Crippen LogP contribution in [-0.4, -0.2) is 24.7 Å². The van der Waals surface area contributed by atoms with Crippen LogP contribution in [0.4, 0.5) is 8.78 Å². The van der Waals surface area contributed by atoms with E-state index in [2.05, 4.69) is 0 Å². The van der Waals surface area contributed by atoms with Crippen molar-refractivity contribution in [2.24, 2.45) is 5.92 Å². The van der Waals surface area contributed by atoms with Crippen molar-refractivity contribution >= 4 is 15.6 Å². The zero-order valence-electron chi connectivity index (χ0n) is 13.0. The molecule has 126 valence electrons.